The summed E-state index contributed by atoms with van der Waals surface area (Å²) in [6, 6.07) is 2.91. The van der Waals surface area contributed by atoms with Crippen LogP contribution in [0.15, 0.2) is 46.0 Å². The van der Waals surface area contributed by atoms with E-state index < -0.39 is 17.8 Å². The topological polar surface area (TPSA) is 96.4 Å². The highest BCUT2D eigenvalue weighted by atomic mass is 35.5. The summed E-state index contributed by atoms with van der Waals surface area (Å²) in [6.45, 7) is 3.31. The Morgan fingerprint density at radius 1 is 1.31 bits per heavy atom. The van der Waals surface area contributed by atoms with Gasteiger partial charge in [-0.3, -0.25) is 14.7 Å². The first-order valence-electron chi connectivity index (χ1n) is 13.0. The fourth-order valence-electron chi connectivity index (χ4n) is 5.76. The molecular weight excluding hydrogens is 545 g/mol. The van der Waals surface area contributed by atoms with Gasteiger partial charge in [0.15, 0.2) is 10.8 Å². The quantitative estimate of drug-likeness (QED) is 0.530. The van der Waals surface area contributed by atoms with E-state index in [9.17, 15) is 14.0 Å². The number of amidine groups is 1. The number of benzene rings is 1. The van der Waals surface area contributed by atoms with Crippen molar-refractivity contribution < 1.29 is 23.5 Å². The summed E-state index contributed by atoms with van der Waals surface area (Å²) in [5.41, 5.74) is 1.47. The number of aromatic nitrogens is 1. The number of methoxy groups -OCH3 is 1. The lowest BCUT2D eigenvalue weighted by Gasteiger charge is -2.34. The third kappa shape index (κ3) is 5.20. The van der Waals surface area contributed by atoms with Crippen LogP contribution in [0.5, 0.6) is 0 Å². The van der Waals surface area contributed by atoms with Crippen molar-refractivity contribution in [3.8, 4) is 0 Å². The molecule has 12 heteroatoms. The first-order valence-corrected chi connectivity index (χ1v) is 14.2. The zero-order chi connectivity index (χ0) is 27.1. The number of amides is 1. The molecule has 1 spiro atoms. The highest BCUT2D eigenvalue weighted by Gasteiger charge is 2.54. The van der Waals surface area contributed by atoms with Crippen molar-refractivity contribution in [1.29, 1.82) is 0 Å². The predicted octanol–water partition coefficient (Wildman–Crippen LogP) is 3.17. The molecule has 2 saturated heterocycles. The highest BCUT2D eigenvalue weighted by molar-refractivity contribution is 7.11. The maximum absolute atomic E-state index is 13.9. The minimum Gasteiger partial charge on any atom is -0.466 e. The van der Waals surface area contributed by atoms with Gasteiger partial charge in [-0.1, -0.05) is 17.7 Å². The van der Waals surface area contributed by atoms with E-state index in [4.69, 9.17) is 26.1 Å². The number of hydrogen-bond acceptors (Lipinski definition) is 9. The van der Waals surface area contributed by atoms with Crippen molar-refractivity contribution in [2.24, 2.45) is 10.4 Å². The summed E-state index contributed by atoms with van der Waals surface area (Å²) >= 11 is 7.88. The number of morpholine rings is 1. The molecule has 1 aromatic carbocycles. The molecule has 1 aliphatic carbocycles. The van der Waals surface area contributed by atoms with Gasteiger partial charge in [0, 0.05) is 54.0 Å². The van der Waals surface area contributed by atoms with Crippen molar-refractivity contribution in [3.05, 3.63) is 62.5 Å². The van der Waals surface area contributed by atoms with Gasteiger partial charge in [-0.25, -0.2) is 14.2 Å². The molecule has 4 aliphatic rings. The highest BCUT2D eigenvalue weighted by Crippen LogP contribution is 2.55. The van der Waals surface area contributed by atoms with Crippen LogP contribution in [0.25, 0.3) is 0 Å². The molecule has 1 saturated carbocycles. The molecule has 1 aromatic heterocycles. The number of thiazole rings is 1. The van der Waals surface area contributed by atoms with Crippen molar-refractivity contribution in [2.45, 2.75) is 31.3 Å². The Morgan fingerprint density at radius 2 is 2.10 bits per heavy atom. The van der Waals surface area contributed by atoms with Gasteiger partial charge in [-0.05, 0) is 36.8 Å². The lowest BCUT2D eigenvalue weighted by Crippen LogP contribution is -2.51. The van der Waals surface area contributed by atoms with Crippen LogP contribution in [0.3, 0.4) is 0 Å². The summed E-state index contributed by atoms with van der Waals surface area (Å²) in [4.78, 5) is 40.2. The van der Waals surface area contributed by atoms with Crippen LogP contribution in [0.1, 0.15) is 35.9 Å². The summed E-state index contributed by atoms with van der Waals surface area (Å²) in [5.74, 6) is -0.470. The molecule has 206 valence electrons. The van der Waals surface area contributed by atoms with Crippen LogP contribution in [0.4, 0.5) is 4.39 Å². The monoisotopic (exact) mass is 573 g/mol. The smallest absolute Gasteiger partial charge is 0.338 e. The van der Waals surface area contributed by atoms with Crippen LogP contribution in [-0.4, -0.2) is 85.0 Å². The Kier molecular flexibility index (Phi) is 7.17. The van der Waals surface area contributed by atoms with Gasteiger partial charge in [0.1, 0.15) is 11.9 Å². The normalized spacial score (nSPS) is 24.5. The lowest BCUT2D eigenvalue weighted by atomic mass is 9.95. The number of likely N-dealkylation sites (tertiary alicyclic amines) is 1. The summed E-state index contributed by atoms with van der Waals surface area (Å²) in [7, 11) is 1.32. The maximum Gasteiger partial charge on any atom is 0.338 e. The Hall–Kier alpha value is -2.86. The van der Waals surface area contributed by atoms with Crippen LogP contribution in [-0.2, 0) is 19.1 Å². The molecule has 3 aliphatic heterocycles. The molecule has 1 N–H and O–H groups in total. The molecule has 39 heavy (non-hydrogen) atoms. The van der Waals surface area contributed by atoms with Gasteiger partial charge in [0.25, 0.3) is 0 Å². The van der Waals surface area contributed by atoms with Crippen LogP contribution in [0.2, 0.25) is 5.02 Å². The number of halogens is 2. The number of ether oxygens (including phenoxy) is 2. The maximum atomic E-state index is 13.9. The summed E-state index contributed by atoms with van der Waals surface area (Å²) < 4.78 is 24.6. The predicted molar refractivity (Wildman–Crippen MR) is 144 cm³/mol. The zero-order valence-corrected chi connectivity index (χ0v) is 23.1. The lowest BCUT2D eigenvalue weighted by molar-refractivity contribution is -0.140. The molecule has 2 aromatic rings. The molecule has 4 heterocycles. The number of rotatable bonds is 6. The fraction of sp³-hybridized carbons (Fsp3) is 0.481. The molecule has 0 radical (unpaired) electrons. The largest absolute Gasteiger partial charge is 0.466 e. The van der Waals surface area contributed by atoms with Gasteiger partial charge in [0.2, 0.25) is 5.91 Å². The zero-order valence-electron chi connectivity index (χ0n) is 21.5. The minimum atomic E-state index is -0.841. The second-order valence-corrected chi connectivity index (χ2v) is 11.8. The van der Waals surface area contributed by atoms with E-state index in [0.29, 0.717) is 55.0 Å². The first kappa shape index (κ1) is 26.4. The third-order valence-corrected chi connectivity index (χ3v) is 9.06. The SMILES string of the molecule is COC(=O)C1=C(CN2CC3(CC3)C[C@H]2C(=O)N2CCOCC2)NC(c2nccs2)=NC1c1ccc(F)cc1Cl. The van der Waals surface area contributed by atoms with E-state index in [0.717, 1.165) is 25.8 Å². The van der Waals surface area contributed by atoms with E-state index >= 15 is 0 Å². The molecule has 1 unspecified atom stereocenters. The molecular formula is C27H29ClFN5O4S. The van der Waals surface area contributed by atoms with E-state index in [-0.39, 0.29) is 28.0 Å². The molecule has 2 atom stereocenters. The van der Waals surface area contributed by atoms with E-state index in [1.165, 1.54) is 36.6 Å². The number of hydrogen-bond donors (Lipinski definition) is 1. The second-order valence-electron chi connectivity index (χ2n) is 10.5. The Morgan fingerprint density at radius 3 is 2.77 bits per heavy atom. The number of aliphatic imine (C=N–C) groups is 1. The fourth-order valence-corrected chi connectivity index (χ4v) is 6.62. The Labute approximate surface area is 234 Å². The Balaban J connectivity index is 1.39. The number of nitrogens with one attached hydrogen (secondary N) is 1. The first-order chi connectivity index (χ1) is 18.9. The third-order valence-electron chi connectivity index (χ3n) is 7.96. The number of nitrogens with zero attached hydrogens (tertiary/aromatic N) is 4. The number of carbonyl (C=O) groups excluding carboxylic acids is 2. The second kappa shape index (κ2) is 10.6. The minimum absolute atomic E-state index is 0.102. The van der Waals surface area contributed by atoms with Crippen LogP contribution >= 0.6 is 22.9 Å². The molecule has 0 bridgehead atoms. The number of esters is 1. The van der Waals surface area contributed by atoms with Gasteiger partial charge < -0.3 is 19.7 Å². The van der Waals surface area contributed by atoms with Crippen molar-refractivity contribution >= 4 is 40.6 Å². The molecule has 3 fully saturated rings. The summed E-state index contributed by atoms with van der Waals surface area (Å²) in [5, 5.41) is 5.97. The van der Waals surface area contributed by atoms with Crippen molar-refractivity contribution in [3.63, 3.8) is 0 Å². The van der Waals surface area contributed by atoms with Crippen LogP contribution in [0, 0.1) is 11.2 Å². The van der Waals surface area contributed by atoms with Gasteiger partial charge in [-0.15, -0.1) is 11.3 Å². The van der Waals surface area contributed by atoms with Crippen molar-refractivity contribution in [1.82, 2.24) is 20.1 Å². The average molecular weight is 574 g/mol. The average Bonchev–Trinajstić information content (AvgIpc) is 3.32. The standard InChI is InChI=1S/C27H29ClFN5O4S/c1-37-26(36)21-19(14-34-15-27(4-5-27)13-20(34)25(35)33-7-9-38-10-8-33)31-23(24-30-6-11-39-24)32-22(21)17-3-2-16(29)12-18(17)28/h2-3,6,11-12,20,22H,4-5,7-10,13-15H2,1H3,(H,31,32)/t20-,22?/m0/s1. The van der Waals surface area contributed by atoms with E-state index in [1.54, 1.807) is 6.20 Å². The molecule has 6 rings (SSSR count). The van der Waals surface area contributed by atoms with Gasteiger partial charge in [0.05, 0.1) is 31.9 Å². The van der Waals surface area contributed by atoms with Crippen LogP contribution < -0.4 is 5.32 Å². The van der Waals surface area contributed by atoms with Gasteiger partial charge >= 0.3 is 5.97 Å². The summed E-state index contributed by atoms with van der Waals surface area (Å²) in [6.07, 6.45) is 4.65. The van der Waals surface area contributed by atoms with Crippen molar-refractivity contribution in [2.75, 3.05) is 46.5 Å². The molecule has 1 amide bonds. The molecule has 9 nitrogen and oxygen atoms in total. The van der Waals surface area contributed by atoms with E-state index in [1.807, 2.05) is 10.3 Å². The van der Waals surface area contributed by atoms with E-state index in [2.05, 4.69) is 15.2 Å². The van der Waals surface area contributed by atoms with Gasteiger partial charge in [-0.2, -0.15) is 0 Å². The Bertz CT molecular complexity index is 1340. The number of carbonyl (C=O) groups is 2.